The number of hydrogen-bond acceptors (Lipinski definition) is 6. The van der Waals surface area contributed by atoms with E-state index in [0.29, 0.717) is 43.0 Å². The first-order valence-corrected chi connectivity index (χ1v) is 15.8. The molecule has 1 N–H and O–H groups in total. The van der Waals surface area contributed by atoms with Gasteiger partial charge in [0.05, 0.1) is 6.61 Å². The van der Waals surface area contributed by atoms with Gasteiger partial charge in [0.1, 0.15) is 23.6 Å². The van der Waals surface area contributed by atoms with Crippen LogP contribution in [0.15, 0.2) is 66.7 Å². The molecule has 4 rings (SSSR count). The lowest BCUT2D eigenvalue weighted by atomic mass is 9.99. The van der Waals surface area contributed by atoms with Gasteiger partial charge in [-0.3, -0.25) is 14.4 Å². The molecule has 0 aromatic heterocycles. The number of carbonyl (C=O) groups excluding carboxylic acids is 4. The standard InChI is InChI=1S/C35H45N3O6/c1-4-43-35(42)32-25(2)15-10-7-5-6-8-13-20-31(39)38-24-26(21-30(38)33(40)36-32)23-37(3)34(41)27-16-14-19-29(22-27)44-28-17-11-9-12-18-28/h9-12,14-19,22,25-26,30,32H,4-8,13,20-21,23-24H2,1-3H3,(H,36,40)/b15-10-/t25-,26?,30-,32?/m0/s1. The van der Waals surface area contributed by atoms with Crippen molar-refractivity contribution in [2.75, 3.05) is 26.7 Å². The first-order valence-electron chi connectivity index (χ1n) is 15.8. The van der Waals surface area contributed by atoms with E-state index in [2.05, 4.69) is 11.4 Å². The first kappa shape index (κ1) is 32.8. The number of nitrogens with zero attached hydrogens (tertiary/aromatic N) is 2. The van der Waals surface area contributed by atoms with Gasteiger partial charge in [-0.2, -0.15) is 0 Å². The molecule has 2 aliphatic rings. The summed E-state index contributed by atoms with van der Waals surface area (Å²) < 4.78 is 11.2. The maximum absolute atomic E-state index is 13.7. The second kappa shape index (κ2) is 16.1. The van der Waals surface area contributed by atoms with E-state index in [4.69, 9.17) is 9.47 Å². The van der Waals surface area contributed by atoms with Crippen molar-refractivity contribution in [1.82, 2.24) is 15.1 Å². The molecule has 2 unspecified atom stereocenters. The van der Waals surface area contributed by atoms with E-state index in [0.717, 1.165) is 32.1 Å². The molecular formula is C35H45N3O6. The summed E-state index contributed by atoms with van der Waals surface area (Å²) in [6.45, 7) is 4.57. The molecule has 0 radical (unpaired) electrons. The molecule has 44 heavy (non-hydrogen) atoms. The minimum absolute atomic E-state index is 0.0684. The summed E-state index contributed by atoms with van der Waals surface area (Å²) >= 11 is 0. The second-order valence-corrected chi connectivity index (χ2v) is 11.8. The number of carbonyl (C=O) groups is 4. The van der Waals surface area contributed by atoms with Crippen LogP contribution in [0.3, 0.4) is 0 Å². The summed E-state index contributed by atoms with van der Waals surface area (Å²) in [5, 5.41) is 2.91. The Labute approximate surface area is 260 Å². The van der Waals surface area contributed by atoms with Crippen molar-refractivity contribution in [2.24, 2.45) is 11.8 Å². The van der Waals surface area contributed by atoms with Gasteiger partial charge < -0.3 is 24.6 Å². The minimum atomic E-state index is -0.852. The normalized spacial score (nSPS) is 23.8. The third-order valence-electron chi connectivity index (χ3n) is 8.26. The van der Waals surface area contributed by atoms with Crippen LogP contribution in [0.1, 0.15) is 69.2 Å². The van der Waals surface area contributed by atoms with Crippen molar-refractivity contribution < 1.29 is 28.7 Å². The third-order valence-corrected chi connectivity index (χ3v) is 8.26. The van der Waals surface area contributed by atoms with Crippen molar-refractivity contribution in [2.45, 2.75) is 70.9 Å². The van der Waals surface area contributed by atoms with Crippen LogP contribution in [-0.2, 0) is 19.1 Å². The van der Waals surface area contributed by atoms with Crippen molar-refractivity contribution in [1.29, 1.82) is 0 Å². The van der Waals surface area contributed by atoms with E-state index in [1.165, 1.54) is 0 Å². The van der Waals surface area contributed by atoms with Crippen LogP contribution in [0.2, 0.25) is 0 Å². The van der Waals surface area contributed by atoms with Gasteiger partial charge in [0.2, 0.25) is 11.8 Å². The van der Waals surface area contributed by atoms with Gasteiger partial charge in [0.25, 0.3) is 5.91 Å². The topological polar surface area (TPSA) is 105 Å². The van der Waals surface area contributed by atoms with E-state index < -0.39 is 18.1 Å². The lowest BCUT2D eigenvalue weighted by Crippen LogP contribution is -2.53. The Bertz CT molecular complexity index is 1310. The Morgan fingerprint density at radius 1 is 1.00 bits per heavy atom. The van der Waals surface area contributed by atoms with E-state index in [-0.39, 0.29) is 36.2 Å². The summed E-state index contributed by atoms with van der Waals surface area (Å²) in [6.07, 6.45) is 9.39. The average Bonchev–Trinajstić information content (AvgIpc) is 3.44. The van der Waals surface area contributed by atoms with Gasteiger partial charge in [-0.05, 0) is 68.9 Å². The van der Waals surface area contributed by atoms with Crippen LogP contribution < -0.4 is 10.1 Å². The average molecular weight is 604 g/mol. The van der Waals surface area contributed by atoms with E-state index in [9.17, 15) is 19.2 Å². The van der Waals surface area contributed by atoms with Crippen molar-refractivity contribution in [3.8, 4) is 11.5 Å². The fourth-order valence-electron chi connectivity index (χ4n) is 5.93. The summed E-state index contributed by atoms with van der Waals surface area (Å²) in [4.78, 5) is 56.6. The lowest BCUT2D eigenvalue weighted by Gasteiger charge is -2.27. The van der Waals surface area contributed by atoms with Crippen LogP contribution in [0.4, 0.5) is 0 Å². The Morgan fingerprint density at radius 2 is 1.75 bits per heavy atom. The molecule has 4 atom stereocenters. The zero-order valence-corrected chi connectivity index (χ0v) is 26.1. The number of benzene rings is 2. The highest BCUT2D eigenvalue weighted by molar-refractivity contribution is 5.94. The Balaban J connectivity index is 1.47. The molecule has 2 aromatic carbocycles. The number of nitrogens with one attached hydrogen (secondary N) is 1. The molecule has 9 heteroatoms. The molecule has 2 heterocycles. The number of allylic oxidation sites excluding steroid dienone is 1. The zero-order valence-electron chi connectivity index (χ0n) is 26.1. The smallest absolute Gasteiger partial charge is 0.329 e. The zero-order chi connectivity index (χ0) is 31.5. The molecular weight excluding hydrogens is 558 g/mol. The van der Waals surface area contributed by atoms with E-state index in [1.54, 1.807) is 48.0 Å². The molecule has 9 nitrogen and oxygen atoms in total. The van der Waals surface area contributed by atoms with Gasteiger partial charge in [-0.25, -0.2) is 4.79 Å². The highest BCUT2D eigenvalue weighted by Crippen LogP contribution is 2.28. The van der Waals surface area contributed by atoms with Crippen molar-refractivity contribution in [3.05, 3.63) is 72.3 Å². The maximum Gasteiger partial charge on any atom is 0.329 e. The van der Waals surface area contributed by atoms with Crippen LogP contribution in [0.25, 0.3) is 0 Å². The molecule has 0 aliphatic carbocycles. The number of hydrogen-bond donors (Lipinski definition) is 1. The number of rotatable bonds is 7. The van der Waals surface area contributed by atoms with Gasteiger partial charge in [0, 0.05) is 38.0 Å². The first-order chi connectivity index (χ1) is 21.3. The van der Waals surface area contributed by atoms with Crippen LogP contribution in [-0.4, -0.2) is 72.3 Å². The number of fused-ring (bicyclic) bond motifs is 1. The molecule has 0 bridgehead atoms. The molecule has 236 valence electrons. The van der Waals surface area contributed by atoms with Gasteiger partial charge in [0.15, 0.2) is 0 Å². The monoisotopic (exact) mass is 603 g/mol. The predicted molar refractivity (Wildman–Crippen MR) is 168 cm³/mol. The highest BCUT2D eigenvalue weighted by atomic mass is 16.5. The number of ether oxygens (including phenoxy) is 2. The minimum Gasteiger partial charge on any atom is -0.464 e. The fourth-order valence-corrected chi connectivity index (χ4v) is 5.93. The number of amides is 3. The van der Waals surface area contributed by atoms with Crippen molar-refractivity contribution >= 4 is 23.7 Å². The highest BCUT2D eigenvalue weighted by Gasteiger charge is 2.41. The maximum atomic E-state index is 13.7. The quantitative estimate of drug-likeness (QED) is 0.337. The summed E-state index contributed by atoms with van der Waals surface area (Å²) in [6, 6.07) is 14.8. The van der Waals surface area contributed by atoms with Crippen LogP contribution in [0, 0.1) is 11.8 Å². The predicted octanol–water partition coefficient (Wildman–Crippen LogP) is 5.36. The van der Waals surface area contributed by atoms with Gasteiger partial charge >= 0.3 is 5.97 Å². The largest absolute Gasteiger partial charge is 0.464 e. The van der Waals surface area contributed by atoms with Gasteiger partial charge in [-0.1, -0.05) is 56.2 Å². The number of esters is 1. The van der Waals surface area contributed by atoms with E-state index >= 15 is 0 Å². The SMILES string of the molecule is CCOC(=O)C1NC(=O)[C@@H]2CC(CN(C)C(=O)c3cccc(Oc4ccccc4)c3)CN2C(=O)CCCCCC/C=C\[C@@H]1C. The van der Waals surface area contributed by atoms with Gasteiger partial charge in [-0.15, -0.1) is 0 Å². The Kier molecular flexibility index (Phi) is 12.0. The molecule has 3 amide bonds. The molecule has 2 aliphatic heterocycles. The Morgan fingerprint density at radius 3 is 2.52 bits per heavy atom. The fraction of sp³-hybridized carbons (Fsp3) is 0.486. The molecule has 1 saturated heterocycles. The number of para-hydroxylation sites is 1. The Hall–Kier alpha value is -4.14. The van der Waals surface area contributed by atoms with Crippen LogP contribution >= 0.6 is 0 Å². The molecule has 0 spiro atoms. The summed E-state index contributed by atoms with van der Waals surface area (Å²) in [7, 11) is 1.73. The molecule has 1 fully saturated rings. The van der Waals surface area contributed by atoms with E-state index in [1.807, 2.05) is 43.3 Å². The second-order valence-electron chi connectivity index (χ2n) is 11.8. The summed E-state index contributed by atoms with van der Waals surface area (Å²) in [5.74, 6) is -0.234. The van der Waals surface area contributed by atoms with Crippen molar-refractivity contribution in [3.63, 3.8) is 0 Å². The lowest BCUT2D eigenvalue weighted by molar-refractivity contribution is -0.149. The summed E-state index contributed by atoms with van der Waals surface area (Å²) in [5.41, 5.74) is 0.488. The third kappa shape index (κ3) is 8.94. The molecule has 2 aromatic rings. The molecule has 0 saturated carbocycles. The van der Waals surface area contributed by atoms with Crippen LogP contribution in [0.5, 0.6) is 11.5 Å².